The number of benzene rings is 1. The Morgan fingerprint density at radius 2 is 2.37 bits per heavy atom. The molecular formula is C13H17N3O3. The summed E-state index contributed by atoms with van der Waals surface area (Å²) in [6.07, 6.45) is 0.450. The number of hydrogen-bond donors (Lipinski definition) is 1. The van der Waals surface area contributed by atoms with Crippen LogP contribution >= 0.6 is 0 Å². The number of non-ortho nitro benzene ring substituents is 1. The number of amides is 1. The molecule has 2 rings (SSSR count). The Labute approximate surface area is 111 Å². The van der Waals surface area contributed by atoms with Crippen molar-refractivity contribution >= 4 is 11.6 Å². The summed E-state index contributed by atoms with van der Waals surface area (Å²) in [5.74, 6) is 0.0815. The van der Waals surface area contributed by atoms with E-state index in [1.54, 1.807) is 17.0 Å². The molecule has 1 saturated heterocycles. The second-order valence-electron chi connectivity index (χ2n) is 4.51. The van der Waals surface area contributed by atoms with Gasteiger partial charge in [-0.3, -0.25) is 14.9 Å². The summed E-state index contributed by atoms with van der Waals surface area (Å²) in [5, 5.41) is 14.0. The van der Waals surface area contributed by atoms with Crippen LogP contribution in [0.5, 0.6) is 0 Å². The highest BCUT2D eigenvalue weighted by Gasteiger charge is 2.27. The van der Waals surface area contributed by atoms with Crippen LogP contribution in [0.15, 0.2) is 24.3 Å². The fraction of sp³-hybridized carbons (Fsp3) is 0.462. The first-order chi connectivity index (χ1) is 9.13. The van der Waals surface area contributed by atoms with Crippen molar-refractivity contribution < 1.29 is 9.72 Å². The summed E-state index contributed by atoms with van der Waals surface area (Å²) < 4.78 is 0. The molecule has 1 unspecified atom stereocenters. The second-order valence-corrected chi connectivity index (χ2v) is 4.51. The normalized spacial score (nSPS) is 19.2. The van der Waals surface area contributed by atoms with Gasteiger partial charge in [-0.1, -0.05) is 19.1 Å². The molecule has 1 atom stereocenters. The van der Waals surface area contributed by atoms with Gasteiger partial charge in [0.15, 0.2) is 0 Å². The smallest absolute Gasteiger partial charge is 0.269 e. The van der Waals surface area contributed by atoms with Gasteiger partial charge >= 0.3 is 0 Å². The van der Waals surface area contributed by atoms with Crippen LogP contribution < -0.4 is 5.32 Å². The first-order valence-corrected chi connectivity index (χ1v) is 6.38. The van der Waals surface area contributed by atoms with Crippen molar-refractivity contribution in [2.24, 2.45) is 0 Å². The largest absolute Gasteiger partial charge is 0.333 e. The Morgan fingerprint density at radius 1 is 1.58 bits per heavy atom. The van der Waals surface area contributed by atoms with E-state index in [1.807, 2.05) is 13.0 Å². The maximum Gasteiger partial charge on any atom is 0.269 e. The number of carbonyl (C=O) groups excluding carboxylic acids is 1. The molecule has 1 amide bonds. The van der Waals surface area contributed by atoms with Gasteiger partial charge in [0.05, 0.1) is 11.0 Å². The summed E-state index contributed by atoms with van der Waals surface area (Å²) in [6.45, 7) is 3.86. The molecule has 19 heavy (non-hydrogen) atoms. The summed E-state index contributed by atoms with van der Waals surface area (Å²) in [5.41, 5.74) is 0.871. The molecule has 1 aromatic rings. The fourth-order valence-corrected chi connectivity index (χ4v) is 2.35. The molecule has 0 saturated carbocycles. The highest BCUT2D eigenvalue weighted by molar-refractivity contribution is 5.76. The Kier molecular flexibility index (Phi) is 4.11. The third kappa shape index (κ3) is 2.90. The number of nitrogens with zero attached hydrogens (tertiary/aromatic N) is 2. The van der Waals surface area contributed by atoms with E-state index in [9.17, 15) is 14.9 Å². The van der Waals surface area contributed by atoms with Crippen LogP contribution in [0, 0.1) is 10.1 Å². The Morgan fingerprint density at radius 3 is 3.05 bits per heavy atom. The first-order valence-electron chi connectivity index (χ1n) is 6.38. The highest BCUT2D eigenvalue weighted by Crippen LogP contribution is 2.25. The lowest BCUT2D eigenvalue weighted by Crippen LogP contribution is -2.48. The van der Waals surface area contributed by atoms with Crippen LogP contribution in [0.2, 0.25) is 0 Å². The van der Waals surface area contributed by atoms with Crippen molar-refractivity contribution in [2.45, 2.75) is 19.4 Å². The molecule has 0 bridgehead atoms. The number of carbonyl (C=O) groups is 1. The van der Waals surface area contributed by atoms with Crippen molar-refractivity contribution in [3.05, 3.63) is 39.9 Å². The van der Waals surface area contributed by atoms with Gasteiger partial charge in [-0.25, -0.2) is 0 Å². The highest BCUT2D eigenvalue weighted by atomic mass is 16.6. The predicted molar refractivity (Wildman–Crippen MR) is 70.7 cm³/mol. The fourth-order valence-electron chi connectivity index (χ4n) is 2.35. The van der Waals surface area contributed by atoms with Crippen LogP contribution in [-0.2, 0) is 4.79 Å². The minimum Gasteiger partial charge on any atom is -0.333 e. The van der Waals surface area contributed by atoms with Gasteiger partial charge in [0.1, 0.15) is 0 Å². The van der Waals surface area contributed by atoms with Crippen LogP contribution in [0.4, 0.5) is 5.69 Å². The summed E-state index contributed by atoms with van der Waals surface area (Å²) in [6, 6.07) is 6.39. The third-order valence-electron chi connectivity index (χ3n) is 3.33. The number of nitro benzene ring substituents is 1. The number of hydrogen-bond acceptors (Lipinski definition) is 4. The minimum atomic E-state index is -0.411. The number of rotatable bonds is 3. The van der Waals surface area contributed by atoms with Crippen molar-refractivity contribution in [2.75, 3.05) is 19.6 Å². The van der Waals surface area contributed by atoms with Gasteiger partial charge in [0.25, 0.3) is 5.69 Å². The predicted octanol–water partition coefficient (Wildman–Crippen LogP) is 1.48. The number of nitrogens with one attached hydrogen (secondary N) is 1. The van der Waals surface area contributed by atoms with Gasteiger partial charge in [0.2, 0.25) is 5.91 Å². The molecule has 0 spiro atoms. The minimum absolute atomic E-state index is 0.0620. The molecule has 1 aromatic carbocycles. The maximum atomic E-state index is 11.9. The lowest BCUT2D eigenvalue weighted by atomic mass is 10.0. The zero-order valence-corrected chi connectivity index (χ0v) is 10.8. The summed E-state index contributed by atoms with van der Waals surface area (Å²) >= 11 is 0. The molecule has 1 aliphatic heterocycles. The Hall–Kier alpha value is -1.95. The first kappa shape index (κ1) is 13.5. The Bertz CT molecular complexity index is 490. The van der Waals surface area contributed by atoms with Crippen LogP contribution in [0.3, 0.4) is 0 Å². The van der Waals surface area contributed by atoms with Gasteiger partial charge in [-0.15, -0.1) is 0 Å². The summed E-state index contributed by atoms with van der Waals surface area (Å²) in [4.78, 5) is 24.1. The SMILES string of the molecule is CCC(=O)N1CCNCC1c1cccc([N+](=O)[O-])c1. The number of nitro groups is 1. The van der Waals surface area contributed by atoms with Crippen molar-refractivity contribution in [1.82, 2.24) is 10.2 Å². The monoisotopic (exact) mass is 263 g/mol. The van der Waals surface area contributed by atoms with Crippen LogP contribution in [0.1, 0.15) is 24.9 Å². The number of piperazine rings is 1. The average molecular weight is 263 g/mol. The van der Waals surface area contributed by atoms with Gasteiger partial charge in [-0.05, 0) is 5.56 Å². The van der Waals surface area contributed by atoms with E-state index < -0.39 is 4.92 Å². The quantitative estimate of drug-likeness (QED) is 0.662. The van der Waals surface area contributed by atoms with Gasteiger partial charge in [-0.2, -0.15) is 0 Å². The van der Waals surface area contributed by atoms with E-state index in [1.165, 1.54) is 6.07 Å². The van der Waals surface area contributed by atoms with E-state index in [0.29, 0.717) is 19.5 Å². The van der Waals surface area contributed by atoms with E-state index in [4.69, 9.17) is 0 Å². The molecule has 6 nitrogen and oxygen atoms in total. The maximum absolute atomic E-state index is 11.9. The Balaban J connectivity index is 2.29. The molecule has 1 heterocycles. The average Bonchev–Trinajstić information content (AvgIpc) is 2.46. The van der Waals surface area contributed by atoms with Crippen molar-refractivity contribution in [3.8, 4) is 0 Å². The third-order valence-corrected chi connectivity index (χ3v) is 3.33. The van der Waals surface area contributed by atoms with E-state index in [0.717, 1.165) is 12.1 Å². The molecule has 1 N–H and O–H groups in total. The van der Waals surface area contributed by atoms with E-state index in [2.05, 4.69) is 5.32 Å². The zero-order valence-electron chi connectivity index (χ0n) is 10.8. The van der Waals surface area contributed by atoms with Gasteiger partial charge < -0.3 is 10.2 Å². The molecular weight excluding hydrogens is 246 g/mol. The molecule has 102 valence electrons. The molecule has 1 fully saturated rings. The molecule has 0 radical (unpaired) electrons. The van der Waals surface area contributed by atoms with Crippen LogP contribution in [-0.4, -0.2) is 35.4 Å². The lowest BCUT2D eigenvalue weighted by molar-refractivity contribution is -0.385. The van der Waals surface area contributed by atoms with Gasteiger partial charge in [0, 0.05) is 38.2 Å². The van der Waals surface area contributed by atoms with E-state index >= 15 is 0 Å². The topological polar surface area (TPSA) is 75.5 Å². The lowest BCUT2D eigenvalue weighted by Gasteiger charge is -2.36. The summed E-state index contributed by atoms with van der Waals surface area (Å²) in [7, 11) is 0. The van der Waals surface area contributed by atoms with E-state index in [-0.39, 0.29) is 17.6 Å². The second kappa shape index (κ2) is 5.79. The molecule has 6 heteroatoms. The van der Waals surface area contributed by atoms with Crippen molar-refractivity contribution in [1.29, 1.82) is 0 Å². The van der Waals surface area contributed by atoms with Crippen molar-refractivity contribution in [3.63, 3.8) is 0 Å². The zero-order chi connectivity index (χ0) is 13.8. The molecule has 1 aliphatic rings. The van der Waals surface area contributed by atoms with Crippen LogP contribution in [0.25, 0.3) is 0 Å². The standard InChI is InChI=1S/C13H17N3O3/c1-2-13(17)15-7-6-14-9-12(15)10-4-3-5-11(8-10)16(18)19/h3-5,8,12,14H,2,6-7,9H2,1H3. The molecule has 0 aromatic heterocycles. The molecule has 0 aliphatic carbocycles.